The molecule has 0 amide bonds. The first-order valence-electron chi connectivity index (χ1n) is 3.59. The van der Waals surface area contributed by atoms with Crippen molar-refractivity contribution in [1.82, 2.24) is 4.90 Å². The molecular formula is C7H9NO2S. The molecule has 1 unspecified atom stereocenters. The zero-order valence-corrected chi connectivity index (χ0v) is 6.80. The number of aliphatic carboxylic acids is 1. The average Bonchev–Trinajstić information content (AvgIpc) is 1.91. The standard InChI is InChI=1S/C7H9NO2S/c9-7(10)5-3-8-2-1-6(8)11-4-5/h3,6H,1-2,4H2,(H,9,10). The fraction of sp³-hybridized carbons (Fsp3) is 0.571. The van der Waals surface area contributed by atoms with Gasteiger partial charge in [0.1, 0.15) is 0 Å². The van der Waals surface area contributed by atoms with Crippen molar-refractivity contribution in [3.8, 4) is 0 Å². The summed E-state index contributed by atoms with van der Waals surface area (Å²) in [7, 11) is 0. The second-order valence-electron chi connectivity index (χ2n) is 2.75. The first-order valence-corrected chi connectivity index (χ1v) is 4.63. The summed E-state index contributed by atoms with van der Waals surface area (Å²) in [6.07, 6.45) is 2.99. The molecule has 60 valence electrons. The average molecular weight is 171 g/mol. The third-order valence-corrected chi connectivity index (χ3v) is 3.40. The Morgan fingerprint density at radius 2 is 2.64 bits per heavy atom. The zero-order chi connectivity index (χ0) is 7.84. The van der Waals surface area contributed by atoms with Gasteiger partial charge in [-0.25, -0.2) is 4.79 Å². The molecule has 0 aromatic carbocycles. The number of hydrogen-bond donors (Lipinski definition) is 1. The Labute approximate surface area is 69.1 Å². The molecule has 4 heteroatoms. The summed E-state index contributed by atoms with van der Waals surface area (Å²) in [4.78, 5) is 12.6. The van der Waals surface area contributed by atoms with E-state index in [9.17, 15) is 4.79 Å². The summed E-state index contributed by atoms with van der Waals surface area (Å²) in [6.45, 7) is 1.02. The van der Waals surface area contributed by atoms with Crippen LogP contribution in [0.3, 0.4) is 0 Å². The molecule has 0 aliphatic carbocycles. The fourth-order valence-electron chi connectivity index (χ4n) is 1.25. The van der Waals surface area contributed by atoms with Crippen LogP contribution in [-0.4, -0.2) is 33.6 Å². The van der Waals surface area contributed by atoms with Crippen molar-refractivity contribution in [2.75, 3.05) is 12.3 Å². The number of carboxylic acid groups (broad SMARTS) is 1. The van der Waals surface area contributed by atoms with E-state index in [0.717, 1.165) is 6.54 Å². The lowest BCUT2D eigenvalue weighted by Gasteiger charge is -2.42. The highest BCUT2D eigenvalue weighted by atomic mass is 32.2. The van der Waals surface area contributed by atoms with Crippen LogP contribution in [0.4, 0.5) is 0 Å². The lowest BCUT2D eigenvalue weighted by Crippen LogP contribution is -2.44. The van der Waals surface area contributed by atoms with Gasteiger partial charge in [0.2, 0.25) is 0 Å². The van der Waals surface area contributed by atoms with Crippen LogP contribution < -0.4 is 0 Å². The van der Waals surface area contributed by atoms with Gasteiger partial charge in [0.15, 0.2) is 0 Å². The third kappa shape index (κ3) is 1.11. The summed E-state index contributed by atoms with van der Waals surface area (Å²) < 4.78 is 0. The molecule has 3 nitrogen and oxygen atoms in total. The van der Waals surface area contributed by atoms with Crippen LogP contribution >= 0.6 is 11.8 Å². The summed E-state index contributed by atoms with van der Waals surface area (Å²) >= 11 is 1.73. The van der Waals surface area contributed by atoms with Crippen molar-refractivity contribution >= 4 is 17.7 Å². The summed E-state index contributed by atoms with van der Waals surface area (Å²) in [6, 6.07) is 0. The van der Waals surface area contributed by atoms with Gasteiger partial charge in [-0.2, -0.15) is 0 Å². The molecule has 0 spiro atoms. The molecule has 0 aromatic rings. The van der Waals surface area contributed by atoms with Gasteiger partial charge >= 0.3 is 5.97 Å². The van der Waals surface area contributed by atoms with E-state index in [1.807, 2.05) is 0 Å². The smallest absolute Gasteiger partial charge is 0.333 e. The molecule has 1 saturated heterocycles. The van der Waals surface area contributed by atoms with Gasteiger partial charge in [-0.3, -0.25) is 0 Å². The minimum Gasteiger partial charge on any atom is -0.478 e. The predicted molar refractivity (Wildman–Crippen MR) is 43.3 cm³/mol. The van der Waals surface area contributed by atoms with Gasteiger partial charge < -0.3 is 10.0 Å². The van der Waals surface area contributed by atoms with Crippen molar-refractivity contribution in [2.45, 2.75) is 11.8 Å². The SMILES string of the molecule is O=C(O)C1=CN2CCC2SC1. The maximum atomic E-state index is 10.5. The molecule has 0 bridgehead atoms. The zero-order valence-electron chi connectivity index (χ0n) is 5.99. The third-order valence-electron chi connectivity index (χ3n) is 2.03. The molecule has 0 aromatic heterocycles. The van der Waals surface area contributed by atoms with Crippen molar-refractivity contribution < 1.29 is 9.90 Å². The second kappa shape index (κ2) is 2.44. The molecule has 1 atom stereocenters. The van der Waals surface area contributed by atoms with E-state index >= 15 is 0 Å². The van der Waals surface area contributed by atoms with E-state index in [-0.39, 0.29) is 0 Å². The molecule has 1 fully saturated rings. The maximum Gasteiger partial charge on any atom is 0.333 e. The number of thioether (sulfide) groups is 1. The van der Waals surface area contributed by atoms with Gasteiger partial charge in [-0.05, 0) is 6.42 Å². The quantitative estimate of drug-likeness (QED) is 0.631. The first-order chi connectivity index (χ1) is 5.27. The molecule has 0 radical (unpaired) electrons. The van der Waals surface area contributed by atoms with Crippen LogP contribution in [0.25, 0.3) is 0 Å². The largest absolute Gasteiger partial charge is 0.478 e. The van der Waals surface area contributed by atoms with E-state index in [1.54, 1.807) is 18.0 Å². The normalized spacial score (nSPS) is 28.5. The number of nitrogens with zero attached hydrogens (tertiary/aromatic N) is 1. The van der Waals surface area contributed by atoms with Gasteiger partial charge in [-0.15, -0.1) is 11.8 Å². The lowest BCUT2D eigenvalue weighted by molar-refractivity contribution is -0.132. The van der Waals surface area contributed by atoms with E-state index < -0.39 is 5.97 Å². The van der Waals surface area contributed by atoms with Crippen molar-refractivity contribution in [3.05, 3.63) is 11.8 Å². The van der Waals surface area contributed by atoms with E-state index in [1.165, 1.54) is 6.42 Å². The molecular weight excluding hydrogens is 162 g/mol. The van der Waals surface area contributed by atoms with Crippen LogP contribution in [0.2, 0.25) is 0 Å². The summed E-state index contributed by atoms with van der Waals surface area (Å²) in [5.74, 6) is -0.112. The topological polar surface area (TPSA) is 40.5 Å². The predicted octanol–water partition coefficient (Wildman–Crippen LogP) is 0.734. The van der Waals surface area contributed by atoms with Gasteiger partial charge in [0.25, 0.3) is 0 Å². The second-order valence-corrected chi connectivity index (χ2v) is 3.92. The van der Waals surface area contributed by atoms with Crippen LogP contribution in [0, 0.1) is 0 Å². The number of carboxylic acids is 1. The van der Waals surface area contributed by atoms with Crippen LogP contribution in [0.1, 0.15) is 6.42 Å². The first kappa shape index (κ1) is 7.03. The molecule has 0 saturated carbocycles. The number of carbonyl (C=O) groups is 1. The monoisotopic (exact) mass is 171 g/mol. The van der Waals surface area contributed by atoms with Gasteiger partial charge in [0, 0.05) is 18.5 Å². The van der Waals surface area contributed by atoms with Crippen LogP contribution in [0.5, 0.6) is 0 Å². The number of hydrogen-bond acceptors (Lipinski definition) is 3. The number of fused-ring (bicyclic) bond motifs is 1. The highest BCUT2D eigenvalue weighted by Crippen LogP contribution is 2.34. The molecule has 1 N–H and O–H groups in total. The van der Waals surface area contributed by atoms with Gasteiger partial charge in [0.05, 0.1) is 10.9 Å². The van der Waals surface area contributed by atoms with Crippen LogP contribution in [-0.2, 0) is 4.79 Å². The minimum atomic E-state index is -0.775. The van der Waals surface area contributed by atoms with E-state index in [0.29, 0.717) is 16.7 Å². The van der Waals surface area contributed by atoms with E-state index in [4.69, 9.17) is 5.11 Å². The van der Waals surface area contributed by atoms with Crippen LogP contribution in [0.15, 0.2) is 11.8 Å². The highest BCUT2D eigenvalue weighted by molar-refractivity contribution is 8.00. The Hall–Kier alpha value is -0.640. The minimum absolute atomic E-state index is 0.533. The van der Waals surface area contributed by atoms with E-state index in [2.05, 4.69) is 4.90 Å². The Balaban J connectivity index is 2.12. The van der Waals surface area contributed by atoms with Crippen molar-refractivity contribution in [3.63, 3.8) is 0 Å². The Morgan fingerprint density at radius 3 is 3.09 bits per heavy atom. The summed E-state index contributed by atoms with van der Waals surface area (Å²) in [5, 5.41) is 9.23. The van der Waals surface area contributed by atoms with Crippen molar-refractivity contribution in [2.24, 2.45) is 0 Å². The lowest BCUT2D eigenvalue weighted by atomic mass is 10.2. The molecule has 2 rings (SSSR count). The number of rotatable bonds is 1. The molecule has 2 aliphatic rings. The summed E-state index contributed by atoms with van der Waals surface area (Å²) in [5.41, 5.74) is 0.533. The Kier molecular flexibility index (Phi) is 1.56. The van der Waals surface area contributed by atoms with Crippen molar-refractivity contribution in [1.29, 1.82) is 0 Å². The molecule has 2 aliphatic heterocycles. The van der Waals surface area contributed by atoms with Gasteiger partial charge in [-0.1, -0.05) is 0 Å². The highest BCUT2D eigenvalue weighted by Gasteiger charge is 2.31. The maximum absolute atomic E-state index is 10.5. The fourth-order valence-corrected chi connectivity index (χ4v) is 2.45. The molecule has 2 heterocycles. The Morgan fingerprint density at radius 1 is 1.82 bits per heavy atom. The molecule has 11 heavy (non-hydrogen) atoms. The Bertz CT molecular complexity index is 226.